The summed E-state index contributed by atoms with van der Waals surface area (Å²) in [7, 11) is 1.60. The van der Waals surface area contributed by atoms with E-state index in [-0.39, 0.29) is 11.4 Å². The van der Waals surface area contributed by atoms with E-state index < -0.39 is 0 Å². The first-order valence-corrected chi connectivity index (χ1v) is 6.85. The molecule has 0 radical (unpaired) electrons. The van der Waals surface area contributed by atoms with Crippen molar-refractivity contribution in [1.82, 2.24) is 10.3 Å². The van der Waals surface area contributed by atoms with Gasteiger partial charge >= 0.3 is 0 Å². The Labute approximate surface area is 114 Å². The number of nitrogens with two attached hydrogens (primary N) is 1. The molecule has 1 saturated carbocycles. The Morgan fingerprint density at radius 1 is 1.42 bits per heavy atom. The molecule has 0 spiro atoms. The van der Waals surface area contributed by atoms with Crippen LogP contribution in [-0.2, 0) is 0 Å². The van der Waals surface area contributed by atoms with Gasteiger partial charge in [0.15, 0.2) is 0 Å². The van der Waals surface area contributed by atoms with E-state index in [9.17, 15) is 4.79 Å². The lowest BCUT2D eigenvalue weighted by atomic mass is 9.81. The predicted molar refractivity (Wildman–Crippen MR) is 76.1 cm³/mol. The highest BCUT2D eigenvalue weighted by molar-refractivity contribution is 5.92. The Morgan fingerprint density at radius 2 is 2.16 bits per heavy atom. The van der Waals surface area contributed by atoms with Crippen molar-refractivity contribution in [2.75, 3.05) is 18.9 Å². The van der Waals surface area contributed by atoms with Crippen molar-refractivity contribution in [3.63, 3.8) is 0 Å². The van der Waals surface area contributed by atoms with Gasteiger partial charge in [0.25, 0.3) is 5.91 Å². The summed E-state index contributed by atoms with van der Waals surface area (Å²) in [6, 6.07) is 3.67. The standard InChI is InChI=1S/C14H22N4O/c1-16-13(19)12-9-11(5-8-17-12)18-14(10-15)6-3-2-4-7-14/h5,8-9H,2-4,6-7,10,15H2,1H3,(H,16,19)(H,17,18). The van der Waals surface area contributed by atoms with Crippen molar-refractivity contribution in [1.29, 1.82) is 0 Å². The molecule has 19 heavy (non-hydrogen) atoms. The van der Waals surface area contributed by atoms with Crippen LogP contribution < -0.4 is 16.4 Å². The fourth-order valence-electron chi connectivity index (χ4n) is 2.68. The molecule has 1 aliphatic carbocycles. The van der Waals surface area contributed by atoms with Gasteiger partial charge < -0.3 is 16.4 Å². The highest BCUT2D eigenvalue weighted by Gasteiger charge is 2.30. The zero-order valence-electron chi connectivity index (χ0n) is 11.4. The summed E-state index contributed by atoms with van der Waals surface area (Å²) in [6.45, 7) is 0.616. The number of nitrogens with one attached hydrogen (secondary N) is 2. The molecule has 0 unspecified atom stereocenters. The van der Waals surface area contributed by atoms with E-state index in [1.807, 2.05) is 6.07 Å². The average Bonchev–Trinajstić information content (AvgIpc) is 2.47. The molecule has 5 heteroatoms. The van der Waals surface area contributed by atoms with Crippen LogP contribution in [0.3, 0.4) is 0 Å². The predicted octanol–water partition coefficient (Wildman–Crippen LogP) is 1.51. The van der Waals surface area contributed by atoms with Gasteiger partial charge in [0, 0.05) is 31.0 Å². The van der Waals surface area contributed by atoms with E-state index in [1.165, 1.54) is 19.3 Å². The molecule has 0 atom stereocenters. The maximum atomic E-state index is 11.6. The largest absolute Gasteiger partial charge is 0.378 e. The highest BCUT2D eigenvalue weighted by atomic mass is 16.1. The quantitative estimate of drug-likeness (QED) is 0.768. The first-order chi connectivity index (χ1) is 9.19. The third-order valence-corrected chi connectivity index (χ3v) is 3.83. The number of rotatable bonds is 4. The normalized spacial score (nSPS) is 17.8. The smallest absolute Gasteiger partial charge is 0.269 e. The Balaban J connectivity index is 2.15. The topological polar surface area (TPSA) is 80.0 Å². The third-order valence-electron chi connectivity index (χ3n) is 3.83. The van der Waals surface area contributed by atoms with E-state index in [0.29, 0.717) is 12.2 Å². The number of nitrogens with zero attached hydrogens (tertiary/aromatic N) is 1. The van der Waals surface area contributed by atoms with Crippen LogP contribution in [0.25, 0.3) is 0 Å². The van der Waals surface area contributed by atoms with E-state index in [2.05, 4.69) is 15.6 Å². The minimum Gasteiger partial charge on any atom is -0.378 e. The minimum atomic E-state index is -0.172. The summed E-state index contributed by atoms with van der Waals surface area (Å²) in [6.07, 6.45) is 7.51. The number of hydrogen-bond donors (Lipinski definition) is 3. The molecule has 1 aromatic heterocycles. The van der Waals surface area contributed by atoms with Crippen LogP contribution in [0.4, 0.5) is 5.69 Å². The van der Waals surface area contributed by atoms with Crippen LogP contribution in [0, 0.1) is 0 Å². The number of carbonyl (C=O) groups excluding carboxylic acids is 1. The summed E-state index contributed by atoms with van der Waals surface area (Å²) >= 11 is 0. The summed E-state index contributed by atoms with van der Waals surface area (Å²) < 4.78 is 0. The molecule has 2 rings (SSSR count). The molecule has 0 aromatic carbocycles. The van der Waals surface area contributed by atoms with E-state index in [1.54, 1.807) is 19.3 Å². The maximum Gasteiger partial charge on any atom is 0.269 e. The van der Waals surface area contributed by atoms with Crippen LogP contribution in [-0.4, -0.2) is 30.0 Å². The fourth-order valence-corrected chi connectivity index (χ4v) is 2.68. The summed E-state index contributed by atoms with van der Waals surface area (Å²) in [5.74, 6) is -0.172. The maximum absolute atomic E-state index is 11.6. The molecule has 104 valence electrons. The first kappa shape index (κ1) is 13.8. The van der Waals surface area contributed by atoms with Gasteiger partial charge in [-0.3, -0.25) is 9.78 Å². The number of hydrogen-bond acceptors (Lipinski definition) is 4. The molecular formula is C14H22N4O. The van der Waals surface area contributed by atoms with Gasteiger partial charge in [-0.2, -0.15) is 0 Å². The molecular weight excluding hydrogens is 240 g/mol. The van der Waals surface area contributed by atoms with Gasteiger partial charge in [-0.25, -0.2) is 0 Å². The zero-order chi connectivity index (χ0) is 13.7. The number of carbonyl (C=O) groups is 1. The van der Waals surface area contributed by atoms with Gasteiger partial charge in [-0.15, -0.1) is 0 Å². The summed E-state index contributed by atoms with van der Waals surface area (Å²) in [5, 5.41) is 6.10. The summed E-state index contributed by atoms with van der Waals surface area (Å²) in [5.41, 5.74) is 7.27. The SMILES string of the molecule is CNC(=O)c1cc(NC2(CN)CCCCC2)ccn1. The molecule has 1 heterocycles. The van der Waals surface area contributed by atoms with Crippen molar-refractivity contribution in [3.05, 3.63) is 24.0 Å². The number of aromatic nitrogens is 1. The molecule has 4 N–H and O–H groups in total. The number of anilines is 1. The zero-order valence-corrected chi connectivity index (χ0v) is 11.4. The summed E-state index contributed by atoms with van der Waals surface area (Å²) in [4.78, 5) is 15.6. The van der Waals surface area contributed by atoms with Crippen molar-refractivity contribution >= 4 is 11.6 Å². The van der Waals surface area contributed by atoms with Crippen molar-refractivity contribution in [2.24, 2.45) is 5.73 Å². The lowest BCUT2D eigenvalue weighted by Crippen LogP contribution is -2.47. The first-order valence-electron chi connectivity index (χ1n) is 6.85. The minimum absolute atomic E-state index is 0.0282. The van der Waals surface area contributed by atoms with Crippen LogP contribution in [0.2, 0.25) is 0 Å². The molecule has 1 aromatic rings. The number of pyridine rings is 1. The molecule has 1 fully saturated rings. The van der Waals surface area contributed by atoms with Crippen LogP contribution >= 0.6 is 0 Å². The second kappa shape index (κ2) is 6.02. The molecule has 1 amide bonds. The van der Waals surface area contributed by atoms with E-state index in [4.69, 9.17) is 5.73 Å². The second-order valence-electron chi connectivity index (χ2n) is 5.18. The fraction of sp³-hybridized carbons (Fsp3) is 0.571. The third kappa shape index (κ3) is 3.23. The van der Waals surface area contributed by atoms with Crippen molar-refractivity contribution in [3.8, 4) is 0 Å². The van der Waals surface area contributed by atoms with Crippen molar-refractivity contribution < 1.29 is 4.79 Å². The lowest BCUT2D eigenvalue weighted by Gasteiger charge is -2.38. The number of amides is 1. The molecule has 0 saturated heterocycles. The monoisotopic (exact) mass is 262 g/mol. The Morgan fingerprint density at radius 3 is 2.79 bits per heavy atom. The molecule has 5 nitrogen and oxygen atoms in total. The van der Waals surface area contributed by atoms with E-state index in [0.717, 1.165) is 18.5 Å². The van der Waals surface area contributed by atoms with Gasteiger partial charge in [0.05, 0.1) is 0 Å². The Hall–Kier alpha value is -1.62. The Bertz CT molecular complexity index is 441. The molecule has 1 aliphatic rings. The van der Waals surface area contributed by atoms with Crippen molar-refractivity contribution in [2.45, 2.75) is 37.6 Å². The van der Waals surface area contributed by atoms with Crippen LogP contribution in [0.5, 0.6) is 0 Å². The van der Waals surface area contributed by atoms with Gasteiger partial charge in [-0.1, -0.05) is 19.3 Å². The molecule has 0 bridgehead atoms. The Kier molecular flexibility index (Phi) is 4.37. The lowest BCUT2D eigenvalue weighted by molar-refractivity contribution is 0.0958. The second-order valence-corrected chi connectivity index (χ2v) is 5.18. The van der Waals surface area contributed by atoms with Crippen LogP contribution in [0.15, 0.2) is 18.3 Å². The highest BCUT2D eigenvalue weighted by Crippen LogP contribution is 2.30. The van der Waals surface area contributed by atoms with Gasteiger partial charge in [-0.05, 0) is 25.0 Å². The average molecular weight is 262 g/mol. The van der Waals surface area contributed by atoms with E-state index >= 15 is 0 Å². The van der Waals surface area contributed by atoms with Crippen LogP contribution in [0.1, 0.15) is 42.6 Å². The van der Waals surface area contributed by atoms with Gasteiger partial charge in [0.2, 0.25) is 0 Å². The van der Waals surface area contributed by atoms with Gasteiger partial charge in [0.1, 0.15) is 5.69 Å². The molecule has 0 aliphatic heterocycles.